The average molecular weight is 434 g/mol. The smallest absolute Gasteiger partial charge is 0.252 e. The number of rotatable bonds is 5. The molecular weight excluding hydrogens is 418 g/mol. The fraction of sp³-hybridized carbons (Fsp3) is 0.0870. The van der Waals surface area contributed by atoms with Crippen LogP contribution in [0.5, 0.6) is 11.5 Å². The van der Waals surface area contributed by atoms with Crippen LogP contribution in [0.25, 0.3) is 11.5 Å². The van der Waals surface area contributed by atoms with Crippen LogP contribution in [0.15, 0.2) is 77.2 Å². The quantitative estimate of drug-likeness (QED) is 0.493. The van der Waals surface area contributed by atoms with Crippen LogP contribution in [0.3, 0.4) is 0 Å². The van der Waals surface area contributed by atoms with Gasteiger partial charge in [0.15, 0.2) is 11.5 Å². The topological polar surface area (TPSA) is 86.5 Å². The lowest BCUT2D eigenvalue weighted by Crippen LogP contribution is -2.29. The highest BCUT2D eigenvalue weighted by Crippen LogP contribution is 2.33. The lowest BCUT2D eigenvalue weighted by Gasteiger charge is -2.16. The first-order valence-electron chi connectivity index (χ1n) is 9.52. The molecule has 0 bridgehead atoms. The third kappa shape index (κ3) is 3.95. The molecule has 0 saturated carbocycles. The number of benzene rings is 3. The number of amides is 1. The van der Waals surface area contributed by atoms with Gasteiger partial charge in [-0.1, -0.05) is 41.9 Å². The maximum Gasteiger partial charge on any atom is 0.252 e. The lowest BCUT2D eigenvalue weighted by atomic mass is 10.1. The number of aromatic nitrogens is 2. The fourth-order valence-electron chi connectivity index (χ4n) is 3.25. The summed E-state index contributed by atoms with van der Waals surface area (Å²) >= 11 is 5.95. The second-order valence-electron chi connectivity index (χ2n) is 6.84. The number of carbonyl (C=O) groups is 1. The molecule has 31 heavy (non-hydrogen) atoms. The standard InChI is InChI=1S/C23H16ClN3O4/c24-17-9-6-15(7-10-17)22-26-27-23(31-22)20(14-4-2-1-3-5-14)25-21(28)16-8-11-18-19(12-16)30-13-29-18/h1-12,20H,13H2,(H,25,28). The summed E-state index contributed by atoms with van der Waals surface area (Å²) in [5.41, 5.74) is 1.97. The van der Waals surface area contributed by atoms with E-state index in [0.29, 0.717) is 28.0 Å². The Morgan fingerprint density at radius 2 is 1.71 bits per heavy atom. The number of halogens is 1. The number of nitrogens with one attached hydrogen (secondary N) is 1. The van der Waals surface area contributed by atoms with E-state index in [1.54, 1.807) is 42.5 Å². The van der Waals surface area contributed by atoms with E-state index < -0.39 is 6.04 Å². The first kappa shape index (κ1) is 19.1. The minimum atomic E-state index is -0.632. The molecule has 4 aromatic rings. The number of fused-ring (bicyclic) bond motifs is 1. The molecule has 0 radical (unpaired) electrons. The Morgan fingerprint density at radius 3 is 2.52 bits per heavy atom. The van der Waals surface area contributed by atoms with E-state index >= 15 is 0 Å². The number of ether oxygens (including phenoxy) is 2. The summed E-state index contributed by atoms with van der Waals surface area (Å²) in [4.78, 5) is 13.0. The van der Waals surface area contributed by atoms with E-state index in [2.05, 4.69) is 15.5 Å². The summed E-state index contributed by atoms with van der Waals surface area (Å²) in [6, 6.07) is 20.9. The van der Waals surface area contributed by atoms with Crippen molar-refractivity contribution in [2.24, 2.45) is 0 Å². The van der Waals surface area contributed by atoms with Crippen LogP contribution < -0.4 is 14.8 Å². The van der Waals surface area contributed by atoms with Crippen molar-refractivity contribution in [2.45, 2.75) is 6.04 Å². The number of hydrogen-bond acceptors (Lipinski definition) is 6. The molecule has 8 heteroatoms. The van der Waals surface area contributed by atoms with E-state index in [1.807, 2.05) is 30.3 Å². The molecule has 1 aromatic heterocycles. The van der Waals surface area contributed by atoms with Gasteiger partial charge in [-0.3, -0.25) is 4.79 Å². The molecule has 1 unspecified atom stereocenters. The molecule has 0 aliphatic carbocycles. The Bertz CT molecular complexity index is 1230. The van der Waals surface area contributed by atoms with Gasteiger partial charge in [-0.05, 0) is 48.0 Å². The molecule has 2 heterocycles. The van der Waals surface area contributed by atoms with E-state index in [0.717, 1.165) is 11.1 Å². The Labute approximate surface area is 182 Å². The predicted octanol–water partition coefficient (Wildman–Crippen LogP) is 4.64. The Morgan fingerprint density at radius 1 is 0.935 bits per heavy atom. The summed E-state index contributed by atoms with van der Waals surface area (Å²) in [6.07, 6.45) is 0. The summed E-state index contributed by atoms with van der Waals surface area (Å²) in [6.45, 7) is 0.141. The molecule has 3 aromatic carbocycles. The fourth-order valence-corrected chi connectivity index (χ4v) is 3.37. The molecule has 1 atom stereocenters. The van der Waals surface area contributed by atoms with Crippen molar-refractivity contribution in [2.75, 3.05) is 6.79 Å². The first-order chi connectivity index (χ1) is 15.2. The maximum absolute atomic E-state index is 13.0. The number of nitrogens with zero attached hydrogens (tertiary/aromatic N) is 2. The lowest BCUT2D eigenvalue weighted by molar-refractivity contribution is 0.0937. The Balaban J connectivity index is 1.45. The van der Waals surface area contributed by atoms with Crippen LogP contribution in [-0.4, -0.2) is 22.9 Å². The largest absolute Gasteiger partial charge is 0.454 e. The molecule has 1 aliphatic rings. The molecule has 1 N–H and O–H groups in total. The van der Waals surface area contributed by atoms with Gasteiger partial charge in [-0.25, -0.2) is 0 Å². The summed E-state index contributed by atoms with van der Waals surface area (Å²) in [7, 11) is 0. The van der Waals surface area contributed by atoms with Gasteiger partial charge in [0, 0.05) is 16.1 Å². The first-order valence-corrected chi connectivity index (χ1v) is 9.90. The van der Waals surface area contributed by atoms with Gasteiger partial charge in [-0.15, -0.1) is 10.2 Å². The monoisotopic (exact) mass is 433 g/mol. The van der Waals surface area contributed by atoms with E-state index in [-0.39, 0.29) is 18.6 Å². The zero-order valence-electron chi connectivity index (χ0n) is 16.1. The van der Waals surface area contributed by atoms with Gasteiger partial charge >= 0.3 is 0 Å². The summed E-state index contributed by atoms with van der Waals surface area (Å²) in [5, 5.41) is 11.9. The van der Waals surface area contributed by atoms with E-state index in [4.69, 9.17) is 25.5 Å². The van der Waals surface area contributed by atoms with Gasteiger partial charge in [0.25, 0.3) is 5.91 Å². The highest BCUT2D eigenvalue weighted by Gasteiger charge is 2.25. The highest BCUT2D eigenvalue weighted by molar-refractivity contribution is 6.30. The number of carbonyl (C=O) groups excluding carboxylic acids is 1. The molecule has 0 spiro atoms. The van der Waals surface area contributed by atoms with Crippen molar-refractivity contribution in [3.05, 3.63) is 94.8 Å². The zero-order chi connectivity index (χ0) is 21.2. The Kier molecular flexibility index (Phi) is 5.01. The molecule has 1 amide bonds. The molecule has 154 valence electrons. The normalized spacial score (nSPS) is 13.1. The van der Waals surface area contributed by atoms with Crippen molar-refractivity contribution in [1.82, 2.24) is 15.5 Å². The SMILES string of the molecule is O=C(NC(c1ccccc1)c1nnc(-c2ccc(Cl)cc2)o1)c1ccc2c(c1)OCO2. The van der Waals surface area contributed by atoms with Gasteiger partial charge in [0.2, 0.25) is 18.6 Å². The molecule has 0 fully saturated rings. The maximum atomic E-state index is 13.0. The van der Waals surface area contributed by atoms with Crippen LogP contribution in [0, 0.1) is 0 Å². The second-order valence-corrected chi connectivity index (χ2v) is 7.27. The third-order valence-electron chi connectivity index (χ3n) is 4.82. The molecule has 1 aliphatic heterocycles. The van der Waals surface area contributed by atoms with Crippen LogP contribution in [0.4, 0.5) is 0 Å². The van der Waals surface area contributed by atoms with Gasteiger partial charge in [0.1, 0.15) is 6.04 Å². The predicted molar refractivity (Wildman–Crippen MR) is 113 cm³/mol. The van der Waals surface area contributed by atoms with Crippen molar-refractivity contribution >= 4 is 17.5 Å². The van der Waals surface area contributed by atoms with Gasteiger partial charge < -0.3 is 19.2 Å². The molecular formula is C23H16ClN3O4. The molecule has 7 nitrogen and oxygen atoms in total. The van der Waals surface area contributed by atoms with Crippen molar-refractivity contribution in [3.63, 3.8) is 0 Å². The number of hydrogen-bond donors (Lipinski definition) is 1. The van der Waals surface area contributed by atoms with Crippen molar-refractivity contribution < 1.29 is 18.7 Å². The third-order valence-corrected chi connectivity index (χ3v) is 5.07. The average Bonchev–Trinajstić information content (AvgIpc) is 3.48. The second kappa shape index (κ2) is 8.12. The molecule has 5 rings (SSSR count). The van der Waals surface area contributed by atoms with Gasteiger partial charge in [-0.2, -0.15) is 0 Å². The van der Waals surface area contributed by atoms with Crippen LogP contribution in [-0.2, 0) is 0 Å². The minimum absolute atomic E-state index is 0.141. The van der Waals surface area contributed by atoms with Crippen LogP contribution >= 0.6 is 11.6 Å². The zero-order valence-corrected chi connectivity index (χ0v) is 16.9. The van der Waals surface area contributed by atoms with E-state index in [1.165, 1.54) is 0 Å². The van der Waals surface area contributed by atoms with E-state index in [9.17, 15) is 4.79 Å². The Hall–Kier alpha value is -3.84. The van der Waals surface area contributed by atoms with Crippen molar-refractivity contribution in [1.29, 1.82) is 0 Å². The van der Waals surface area contributed by atoms with Gasteiger partial charge in [0.05, 0.1) is 0 Å². The van der Waals surface area contributed by atoms with Crippen LogP contribution in [0.1, 0.15) is 27.9 Å². The summed E-state index contributed by atoms with van der Waals surface area (Å²) < 4.78 is 16.6. The highest BCUT2D eigenvalue weighted by atomic mass is 35.5. The molecule has 0 saturated heterocycles. The van der Waals surface area contributed by atoms with Crippen LogP contribution in [0.2, 0.25) is 5.02 Å². The summed E-state index contributed by atoms with van der Waals surface area (Å²) in [5.74, 6) is 1.45. The minimum Gasteiger partial charge on any atom is -0.454 e. The van der Waals surface area contributed by atoms with Crippen molar-refractivity contribution in [3.8, 4) is 23.0 Å².